The molecule has 1 saturated heterocycles. The number of nitrogen functional groups attached to an aromatic ring is 1. The van der Waals surface area contributed by atoms with Crippen molar-refractivity contribution in [1.29, 1.82) is 0 Å². The van der Waals surface area contributed by atoms with E-state index in [1.165, 1.54) is 0 Å². The van der Waals surface area contributed by atoms with Crippen molar-refractivity contribution in [3.05, 3.63) is 29.8 Å². The van der Waals surface area contributed by atoms with Crippen LogP contribution in [0.1, 0.15) is 38.3 Å². The van der Waals surface area contributed by atoms with Gasteiger partial charge in [0.1, 0.15) is 0 Å². The molecule has 0 aromatic heterocycles. The number of benzene rings is 1. The molecule has 0 bridgehead atoms. The number of hydrogen-bond acceptors (Lipinski definition) is 3. The second kappa shape index (κ2) is 6.27. The van der Waals surface area contributed by atoms with Gasteiger partial charge >= 0.3 is 0 Å². The minimum Gasteiger partial charge on any atom is -0.399 e. The lowest BCUT2D eigenvalue weighted by Crippen LogP contribution is -2.45. The molecule has 1 heterocycles. The highest BCUT2D eigenvalue weighted by atomic mass is 16.2. The van der Waals surface area contributed by atoms with Crippen LogP contribution in [0, 0.1) is 0 Å². The fourth-order valence-corrected chi connectivity index (χ4v) is 2.77. The average molecular weight is 275 g/mol. The van der Waals surface area contributed by atoms with Crippen LogP contribution < -0.4 is 5.73 Å². The maximum atomic E-state index is 12.4. The van der Waals surface area contributed by atoms with Gasteiger partial charge in [-0.3, -0.25) is 9.69 Å². The standard InChI is InChI=1S/C16H25N3O/c1-12(14-7-6-8-15(17)11-14)18(3)13(2)16(20)19-9-4-5-10-19/h6-8,11-13H,4-5,9-10,17H2,1-3H3. The van der Waals surface area contributed by atoms with Crippen molar-refractivity contribution >= 4 is 11.6 Å². The van der Waals surface area contributed by atoms with Gasteiger partial charge in [-0.15, -0.1) is 0 Å². The van der Waals surface area contributed by atoms with E-state index >= 15 is 0 Å². The van der Waals surface area contributed by atoms with Crippen LogP contribution >= 0.6 is 0 Å². The van der Waals surface area contributed by atoms with Crippen molar-refractivity contribution < 1.29 is 4.79 Å². The number of likely N-dealkylation sites (tertiary alicyclic amines) is 1. The first kappa shape index (κ1) is 14.9. The van der Waals surface area contributed by atoms with E-state index in [-0.39, 0.29) is 18.0 Å². The highest BCUT2D eigenvalue weighted by Crippen LogP contribution is 2.23. The first-order valence-corrected chi connectivity index (χ1v) is 7.37. The molecule has 0 spiro atoms. The van der Waals surface area contributed by atoms with E-state index in [1.807, 2.05) is 37.1 Å². The molecule has 1 amide bonds. The largest absolute Gasteiger partial charge is 0.399 e. The summed E-state index contributed by atoms with van der Waals surface area (Å²) in [5.41, 5.74) is 7.75. The first-order valence-electron chi connectivity index (χ1n) is 7.37. The molecule has 110 valence electrons. The molecule has 0 saturated carbocycles. The molecule has 0 aliphatic carbocycles. The number of nitrogens with zero attached hydrogens (tertiary/aromatic N) is 2. The van der Waals surface area contributed by atoms with E-state index < -0.39 is 0 Å². The highest BCUT2D eigenvalue weighted by Gasteiger charge is 2.28. The Labute approximate surface area is 121 Å². The van der Waals surface area contributed by atoms with Gasteiger partial charge in [0.05, 0.1) is 6.04 Å². The van der Waals surface area contributed by atoms with Crippen molar-refractivity contribution in [1.82, 2.24) is 9.80 Å². The van der Waals surface area contributed by atoms with Crippen molar-refractivity contribution in [3.63, 3.8) is 0 Å². The zero-order chi connectivity index (χ0) is 14.7. The molecule has 2 atom stereocenters. The maximum absolute atomic E-state index is 12.4. The summed E-state index contributed by atoms with van der Waals surface area (Å²) < 4.78 is 0. The summed E-state index contributed by atoms with van der Waals surface area (Å²) in [6.45, 7) is 5.92. The quantitative estimate of drug-likeness (QED) is 0.858. The van der Waals surface area contributed by atoms with Crippen molar-refractivity contribution in [2.24, 2.45) is 0 Å². The maximum Gasteiger partial charge on any atom is 0.239 e. The van der Waals surface area contributed by atoms with Crippen LogP contribution in [0.25, 0.3) is 0 Å². The van der Waals surface area contributed by atoms with Crippen LogP contribution in [-0.4, -0.2) is 41.9 Å². The van der Waals surface area contributed by atoms with Gasteiger partial charge in [-0.25, -0.2) is 0 Å². The lowest BCUT2D eigenvalue weighted by molar-refractivity contribution is -0.135. The van der Waals surface area contributed by atoms with Gasteiger partial charge in [-0.2, -0.15) is 0 Å². The predicted octanol–water partition coefficient (Wildman–Crippen LogP) is 2.27. The summed E-state index contributed by atoms with van der Waals surface area (Å²) in [6, 6.07) is 7.94. The number of rotatable bonds is 4. The third kappa shape index (κ3) is 3.12. The summed E-state index contributed by atoms with van der Waals surface area (Å²) in [6.07, 6.45) is 2.26. The molecule has 4 nitrogen and oxygen atoms in total. The van der Waals surface area contributed by atoms with Crippen LogP contribution in [0.3, 0.4) is 0 Å². The van der Waals surface area contributed by atoms with Crippen molar-refractivity contribution in [2.45, 2.75) is 38.8 Å². The van der Waals surface area contributed by atoms with Crippen molar-refractivity contribution in [2.75, 3.05) is 25.9 Å². The second-order valence-electron chi connectivity index (χ2n) is 5.72. The number of amides is 1. The Bertz CT molecular complexity index is 469. The van der Waals surface area contributed by atoms with E-state index in [9.17, 15) is 4.79 Å². The smallest absolute Gasteiger partial charge is 0.239 e. The molecule has 2 N–H and O–H groups in total. The van der Waals surface area contributed by atoms with Crippen LogP contribution in [0.2, 0.25) is 0 Å². The number of anilines is 1. The first-order chi connectivity index (χ1) is 9.50. The molecule has 0 radical (unpaired) electrons. The summed E-state index contributed by atoms with van der Waals surface area (Å²) in [7, 11) is 2.01. The van der Waals surface area contributed by atoms with E-state index in [0.29, 0.717) is 0 Å². The van der Waals surface area contributed by atoms with Crippen LogP contribution in [-0.2, 0) is 4.79 Å². The Morgan fingerprint density at radius 2 is 1.95 bits per heavy atom. The van der Waals surface area contributed by atoms with Gasteiger partial charge in [0.25, 0.3) is 0 Å². The molecule has 1 aromatic carbocycles. The number of nitrogens with two attached hydrogens (primary N) is 1. The van der Waals surface area contributed by atoms with Crippen LogP contribution in [0.4, 0.5) is 5.69 Å². The predicted molar refractivity (Wildman–Crippen MR) is 82.3 cm³/mol. The Hall–Kier alpha value is -1.55. The fourth-order valence-electron chi connectivity index (χ4n) is 2.77. The summed E-state index contributed by atoms with van der Waals surface area (Å²) >= 11 is 0. The molecule has 20 heavy (non-hydrogen) atoms. The molecule has 2 unspecified atom stereocenters. The third-order valence-electron chi connectivity index (χ3n) is 4.39. The van der Waals surface area contributed by atoms with E-state index in [2.05, 4.69) is 17.9 Å². The van der Waals surface area contributed by atoms with Crippen LogP contribution in [0.5, 0.6) is 0 Å². The SMILES string of the molecule is CC(C(=O)N1CCCC1)N(C)C(C)c1cccc(N)c1. The monoisotopic (exact) mass is 275 g/mol. The zero-order valence-electron chi connectivity index (χ0n) is 12.7. The Morgan fingerprint density at radius 3 is 2.55 bits per heavy atom. The highest BCUT2D eigenvalue weighted by molar-refractivity contribution is 5.81. The van der Waals surface area contributed by atoms with Crippen molar-refractivity contribution in [3.8, 4) is 0 Å². The fraction of sp³-hybridized carbons (Fsp3) is 0.562. The van der Waals surface area contributed by atoms with Gasteiger partial charge in [0.15, 0.2) is 0 Å². The third-order valence-corrected chi connectivity index (χ3v) is 4.39. The Morgan fingerprint density at radius 1 is 1.30 bits per heavy atom. The van der Waals surface area contributed by atoms with E-state index in [4.69, 9.17) is 5.73 Å². The molecule has 1 aromatic rings. The Kier molecular flexibility index (Phi) is 4.65. The number of carbonyl (C=O) groups excluding carboxylic acids is 1. The minimum absolute atomic E-state index is 0.107. The average Bonchev–Trinajstić information content (AvgIpc) is 2.98. The van der Waals surface area contributed by atoms with E-state index in [1.54, 1.807) is 0 Å². The normalized spacial score (nSPS) is 18.3. The second-order valence-corrected chi connectivity index (χ2v) is 5.72. The van der Waals surface area contributed by atoms with Gasteiger partial charge < -0.3 is 10.6 Å². The zero-order valence-corrected chi connectivity index (χ0v) is 12.7. The summed E-state index contributed by atoms with van der Waals surface area (Å²) in [4.78, 5) is 16.5. The Balaban J connectivity index is 2.05. The molecule has 1 fully saturated rings. The number of hydrogen-bond donors (Lipinski definition) is 1. The van der Waals surface area contributed by atoms with E-state index in [0.717, 1.165) is 37.2 Å². The molecule has 2 rings (SSSR count). The lowest BCUT2D eigenvalue weighted by Gasteiger charge is -2.32. The molecular formula is C16H25N3O. The minimum atomic E-state index is -0.107. The molecule has 4 heteroatoms. The molecule has 1 aliphatic heterocycles. The number of carbonyl (C=O) groups is 1. The van der Waals surface area contributed by atoms with Gasteiger partial charge in [0, 0.05) is 24.8 Å². The van der Waals surface area contributed by atoms with Crippen LogP contribution in [0.15, 0.2) is 24.3 Å². The van der Waals surface area contributed by atoms with Gasteiger partial charge in [0.2, 0.25) is 5.91 Å². The molecular weight excluding hydrogens is 250 g/mol. The molecule has 1 aliphatic rings. The topological polar surface area (TPSA) is 49.6 Å². The summed E-state index contributed by atoms with van der Waals surface area (Å²) in [5, 5.41) is 0. The number of likely N-dealkylation sites (N-methyl/N-ethyl adjacent to an activating group) is 1. The van der Waals surface area contributed by atoms with Gasteiger partial charge in [-0.1, -0.05) is 12.1 Å². The summed E-state index contributed by atoms with van der Waals surface area (Å²) in [5.74, 6) is 0.237. The van der Waals surface area contributed by atoms with Gasteiger partial charge in [-0.05, 0) is 51.4 Å². The lowest BCUT2D eigenvalue weighted by atomic mass is 10.0.